The number of thioether (sulfide) groups is 1. The molecule has 0 radical (unpaired) electrons. The molecule has 31 heavy (non-hydrogen) atoms. The van der Waals surface area contributed by atoms with Gasteiger partial charge in [0, 0.05) is 23.4 Å². The minimum absolute atomic E-state index is 0.0242. The number of carbonyl (C=O) groups excluding carboxylic acids is 2. The van der Waals surface area contributed by atoms with Crippen LogP contribution < -0.4 is 10.2 Å². The molecule has 4 nitrogen and oxygen atoms in total. The molecule has 1 fully saturated rings. The highest BCUT2D eigenvalue weighted by Crippen LogP contribution is 2.45. The molecule has 1 N–H and O–H groups in total. The van der Waals surface area contributed by atoms with Gasteiger partial charge in [0.25, 0.3) is 0 Å². The van der Waals surface area contributed by atoms with Gasteiger partial charge in [-0.15, -0.1) is 11.8 Å². The number of rotatable bonds is 6. The van der Waals surface area contributed by atoms with E-state index in [0.717, 1.165) is 33.6 Å². The lowest BCUT2D eigenvalue weighted by atomic mass is 10.1. The second kappa shape index (κ2) is 9.40. The summed E-state index contributed by atoms with van der Waals surface area (Å²) in [7, 11) is 0. The summed E-state index contributed by atoms with van der Waals surface area (Å²) in [5.41, 5.74) is 5.98. The summed E-state index contributed by atoms with van der Waals surface area (Å²) in [5, 5.41) is 2.91. The number of hydrogen-bond donors (Lipinski definition) is 1. The Kier molecular flexibility index (Phi) is 6.42. The van der Waals surface area contributed by atoms with Crippen LogP contribution in [0, 0.1) is 13.8 Å². The van der Waals surface area contributed by atoms with Crippen LogP contribution in [-0.2, 0) is 16.0 Å². The van der Waals surface area contributed by atoms with Gasteiger partial charge in [-0.3, -0.25) is 14.5 Å². The number of nitrogens with zero attached hydrogens (tertiary/aromatic N) is 1. The summed E-state index contributed by atoms with van der Waals surface area (Å²) >= 11 is 1.60. The summed E-state index contributed by atoms with van der Waals surface area (Å²) in [6.07, 6.45) is 1.11. The van der Waals surface area contributed by atoms with Gasteiger partial charge in [0.15, 0.2) is 0 Å². The van der Waals surface area contributed by atoms with E-state index in [0.29, 0.717) is 18.6 Å². The van der Waals surface area contributed by atoms with Gasteiger partial charge in [0.05, 0.1) is 5.75 Å². The van der Waals surface area contributed by atoms with Gasteiger partial charge < -0.3 is 5.32 Å². The van der Waals surface area contributed by atoms with E-state index in [9.17, 15) is 9.59 Å². The third kappa shape index (κ3) is 4.83. The van der Waals surface area contributed by atoms with Gasteiger partial charge in [-0.05, 0) is 49.1 Å². The Labute approximate surface area is 187 Å². The van der Waals surface area contributed by atoms with Crippen molar-refractivity contribution < 1.29 is 9.59 Å². The third-order valence-electron chi connectivity index (χ3n) is 5.48. The predicted octanol–water partition coefficient (Wildman–Crippen LogP) is 5.65. The smallest absolute Gasteiger partial charge is 0.238 e. The monoisotopic (exact) mass is 430 g/mol. The van der Waals surface area contributed by atoms with E-state index in [1.165, 1.54) is 0 Å². The highest BCUT2D eigenvalue weighted by molar-refractivity contribution is 8.00. The maximum atomic E-state index is 12.8. The zero-order valence-electron chi connectivity index (χ0n) is 17.8. The van der Waals surface area contributed by atoms with Crippen molar-refractivity contribution in [3.63, 3.8) is 0 Å². The lowest BCUT2D eigenvalue weighted by molar-refractivity contribution is -0.116. The maximum absolute atomic E-state index is 12.8. The van der Waals surface area contributed by atoms with E-state index in [2.05, 4.69) is 23.5 Å². The molecule has 1 aliphatic rings. The lowest BCUT2D eigenvalue weighted by Crippen LogP contribution is -2.29. The second-order valence-corrected chi connectivity index (χ2v) is 8.91. The molecule has 0 aromatic heterocycles. The fraction of sp³-hybridized carbons (Fsp3) is 0.231. The minimum atomic E-state index is -0.168. The quantitative estimate of drug-likeness (QED) is 0.549. The van der Waals surface area contributed by atoms with Gasteiger partial charge in [-0.2, -0.15) is 0 Å². The van der Waals surface area contributed by atoms with Crippen molar-refractivity contribution in [2.75, 3.05) is 16.0 Å². The SMILES string of the molecule is Cc1ccc(C)c(N2C(=O)CS[C@H]2c2ccccc2NC(=O)CCc2ccccc2)c1. The first-order valence-corrected chi connectivity index (χ1v) is 11.5. The van der Waals surface area contributed by atoms with Crippen molar-refractivity contribution in [1.82, 2.24) is 0 Å². The fourth-order valence-corrected chi connectivity index (χ4v) is 5.04. The largest absolute Gasteiger partial charge is 0.326 e. The molecule has 0 aliphatic carbocycles. The van der Waals surface area contributed by atoms with Crippen LogP contribution in [0.15, 0.2) is 72.8 Å². The molecule has 2 amide bonds. The van der Waals surface area contributed by atoms with Gasteiger partial charge in [0.1, 0.15) is 5.37 Å². The van der Waals surface area contributed by atoms with Gasteiger partial charge >= 0.3 is 0 Å². The van der Waals surface area contributed by atoms with E-state index in [1.807, 2.05) is 73.3 Å². The molecular weight excluding hydrogens is 404 g/mol. The van der Waals surface area contributed by atoms with Gasteiger partial charge in [0.2, 0.25) is 11.8 Å². The standard InChI is InChI=1S/C26H26N2O2S/c1-18-12-13-19(2)23(16-18)28-25(30)17-31-26(28)21-10-6-7-11-22(21)27-24(29)15-14-20-8-4-3-5-9-20/h3-13,16,26H,14-15,17H2,1-2H3,(H,27,29)/t26-/m0/s1. The average molecular weight is 431 g/mol. The van der Waals surface area contributed by atoms with Crippen LogP contribution in [0.25, 0.3) is 0 Å². The number of carbonyl (C=O) groups is 2. The third-order valence-corrected chi connectivity index (χ3v) is 6.67. The number of aryl methyl sites for hydroxylation is 3. The highest BCUT2D eigenvalue weighted by atomic mass is 32.2. The minimum Gasteiger partial charge on any atom is -0.326 e. The molecule has 1 atom stereocenters. The molecule has 1 aliphatic heterocycles. The molecule has 3 aromatic rings. The average Bonchev–Trinajstić information content (AvgIpc) is 3.16. The second-order valence-electron chi connectivity index (χ2n) is 7.84. The molecule has 0 spiro atoms. The molecule has 3 aromatic carbocycles. The first kappa shape index (κ1) is 21.2. The summed E-state index contributed by atoms with van der Waals surface area (Å²) in [6, 6.07) is 24.0. The van der Waals surface area contributed by atoms with Gasteiger partial charge in [-0.25, -0.2) is 0 Å². The van der Waals surface area contributed by atoms with Crippen molar-refractivity contribution in [3.05, 3.63) is 95.1 Å². The van der Waals surface area contributed by atoms with Crippen molar-refractivity contribution in [2.45, 2.75) is 32.1 Å². The predicted molar refractivity (Wildman–Crippen MR) is 128 cm³/mol. The molecular formula is C26H26N2O2S. The summed E-state index contributed by atoms with van der Waals surface area (Å²) in [6.45, 7) is 4.06. The molecule has 0 bridgehead atoms. The topological polar surface area (TPSA) is 49.4 Å². The molecule has 158 valence electrons. The Balaban J connectivity index is 1.56. The molecule has 0 saturated carbocycles. The lowest BCUT2D eigenvalue weighted by Gasteiger charge is -2.27. The van der Waals surface area contributed by atoms with E-state index in [-0.39, 0.29) is 17.2 Å². The first-order valence-electron chi connectivity index (χ1n) is 10.5. The normalized spacial score (nSPS) is 15.9. The van der Waals surface area contributed by atoms with Crippen LogP contribution in [0.5, 0.6) is 0 Å². The molecule has 4 rings (SSSR count). The van der Waals surface area contributed by atoms with Gasteiger partial charge in [-0.1, -0.05) is 60.7 Å². The Bertz CT molecular complexity index is 1100. The summed E-state index contributed by atoms with van der Waals surface area (Å²) in [5.74, 6) is 0.492. The van der Waals surface area contributed by atoms with Crippen LogP contribution in [0.4, 0.5) is 11.4 Å². The van der Waals surface area contributed by atoms with E-state index in [4.69, 9.17) is 0 Å². The highest BCUT2D eigenvalue weighted by Gasteiger charge is 2.36. The van der Waals surface area contributed by atoms with Crippen LogP contribution in [0.2, 0.25) is 0 Å². The van der Waals surface area contributed by atoms with Crippen LogP contribution in [0.3, 0.4) is 0 Å². The zero-order valence-corrected chi connectivity index (χ0v) is 18.6. The number of benzene rings is 3. The van der Waals surface area contributed by atoms with E-state index < -0.39 is 0 Å². The fourth-order valence-electron chi connectivity index (χ4n) is 3.84. The van der Waals surface area contributed by atoms with Crippen molar-refractivity contribution in [1.29, 1.82) is 0 Å². The van der Waals surface area contributed by atoms with Crippen LogP contribution >= 0.6 is 11.8 Å². The van der Waals surface area contributed by atoms with Crippen molar-refractivity contribution in [3.8, 4) is 0 Å². The molecule has 0 unspecified atom stereocenters. The number of amides is 2. The Hall–Kier alpha value is -3.05. The van der Waals surface area contributed by atoms with E-state index in [1.54, 1.807) is 11.8 Å². The van der Waals surface area contributed by atoms with Crippen molar-refractivity contribution in [2.24, 2.45) is 0 Å². The molecule has 1 heterocycles. The Morgan fingerprint density at radius 3 is 2.58 bits per heavy atom. The number of nitrogens with one attached hydrogen (secondary N) is 1. The summed E-state index contributed by atoms with van der Waals surface area (Å²) in [4.78, 5) is 27.4. The van der Waals surface area contributed by atoms with Crippen molar-refractivity contribution >= 4 is 35.0 Å². The zero-order chi connectivity index (χ0) is 21.8. The number of para-hydroxylation sites is 1. The Morgan fingerprint density at radius 2 is 1.77 bits per heavy atom. The first-order chi connectivity index (χ1) is 15.0. The summed E-state index contributed by atoms with van der Waals surface area (Å²) < 4.78 is 0. The number of anilines is 2. The van der Waals surface area contributed by atoms with E-state index >= 15 is 0 Å². The number of hydrogen-bond acceptors (Lipinski definition) is 3. The molecule has 1 saturated heterocycles. The van der Waals surface area contributed by atoms with Crippen LogP contribution in [-0.4, -0.2) is 17.6 Å². The molecule has 5 heteroatoms. The van der Waals surface area contributed by atoms with Crippen LogP contribution in [0.1, 0.15) is 34.0 Å². The maximum Gasteiger partial charge on any atom is 0.238 e. The Morgan fingerprint density at radius 1 is 1.03 bits per heavy atom.